The van der Waals surface area contributed by atoms with Crippen molar-refractivity contribution in [3.05, 3.63) is 35.4 Å². The lowest BCUT2D eigenvalue weighted by Crippen LogP contribution is -2.51. The maximum absolute atomic E-state index is 12.9. The smallest absolute Gasteiger partial charge is 0.251 e. The van der Waals surface area contributed by atoms with Crippen LogP contribution in [0.2, 0.25) is 0 Å². The van der Waals surface area contributed by atoms with E-state index in [-0.39, 0.29) is 23.8 Å². The van der Waals surface area contributed by atoms with Gasteiger partial charge in [-0.3, -0.25) is 9.59 Å². The Kier molecular flexibility index (Phi) is 5.96. The Hall–Kier alpha value is -1.84. The largest absolute Gasteiger partial charge is 0.352 e. The van der Waals surface area contributed by atoms with Crippen LogP contribution in [0, 0.1) is 23.7 Å². The molecule has 0 spiro atoms. The Morgan fingerprint density at radius 2 is 1.47 bits per heavy atom. The van der Waals surface area contributed by atoms with Crippen LogP contribution in [0.15, 0.2) is 24.3 Å². The zero-order valence-electron chi connectivity index (χ0n) is 19.0. The van der Waals surface area contributed by atoms with Gasteiger partial charge in [0.2, 0.25) is 5.91 Å². The molecule has 164 valence electrons. The maximum Gasteiger partial charge on any atom is 0.251 e. The van der Waals surface area contributed by atoms with Crippen molar-refractivity contribution in [3.8, 4) is 0 Å². The van der Waals surface area contributed by atoms with Crippen LogP contribution in [-0.2, 0) is 10.2 Å². The van der Waals surface area contributed by atoms with Crippen molar-refractivity contribution in [3.63, 3.8) is 0 Å². The minimum absolute atomic E-state index is 0.0318. The molecule has 0 unspecified atom stereocenters. The highest BCUT2D eigenvalue weighted by Crippen LogP contribution is 2.60. The molecule has 30 heavy (non-hydrogen) atoms. The number of carbonyl (C=O) groups excluding carboxylic acids is 2. The zero-order chi connectivity index (χ0) is 21.5. The first-order chi connectivity index (χ1) is 14.3. The number of hydrogen-bond acceptors (Lipinski definition) is 2. The Morgan fingerprint density at radius 3 is 1.93 bits per heavy atom. The molecule has 0 aliphatic heterocycles. The molecule has 4 nitrogen and oxygen atoms in total. The SMILES string of the molecule is CC[C@H](C)NC(=O)[C@@H](NC(=O)c1ccc(C23CC4CC(CC(C4)C2)C3)cc1)C(C)C. The predicted octanol–water partition coefficient (Wildman–Crippen LogP) is 4.82. The summed E-state index contributed by atoms with van der Waals surface area (Å²) in [6.07, 6.45) is 9.18. The Labute approximate surface area is 181 Å². The van der Waals surface area contributed by atoms with E-state index in [0.717, 1.165) is 24.2 Å². The van der Waals surface area contributed by atoms with Crippen LogP contribution in [-0.4, -0.2) is 23.9 Å². The quantitative estimate of drug-likeness (QED) is 0.677. The van der Waals surface area contributed by atoms with Gasteiger partial charge in [-0.15, -0.1) is 0 Å². The van der Waals surface area contributed by atoms with Gasteiger partial charge in [-0.1, -0.05) is 32.9 Å². The van der Waals surface area contributed by atoms with E-state index in [4.69, 9.17) is 0 Å². The van der Waals surface area contributed by atoms with E-state index in [1.165, 1.54) is 44.1 Å². The topological polar surface area (TPSA) is 58.2 Å². The normalized spacial score (nSPS) is 31.4. The molecule has 1 aromatic carbocycles. The van der Waals surface area contributed by atoms with Gasteiger partial charge in [0.05, 0.1) is 0 Å². The van der Waals surface area contributed by atoms with E-state index in [9.17, 15) is 9.59 Å². The average molecular weight is 411 g/mol. The van der Waals surface area contributed by atoms with E-state index < -0.39 is 6.04 Å². The minimum atomic E-state index is -0.519. The summed E-state index contributed by atoms with van der Waals surface area (Å²) < 4.78 is 0. The summed E-state index contributed by atoms with van der Waals surface area (Å²) in [5.41, 5.74) is 2.42. The van der Waals surface area contributed by atoms with Crippen molar-refractivity contribution in [2.45, 2.75) is 90.1 Å². The van der Waals surface area contributed by atoms with Crippen molar-refractivity contribution in [2.24, 2.45) is 23.7 Å². The second-order valence-corrected chi connectivity index (χ2v) is 10.8. The van der Waals surface area contributed by atoms with Gasteiger partial charge >= 0.3 is 0 Å². The molecular weight excluding hydrogens is 372 g/mol. The predicted molar refractivity (Wildman–Crippen MR) is 120 cm³/mol. The van der Waals surface area contributed by atoms with Crippen LogP contribution in [0.3, 0.4) is 0 Å². The highest BCUT2D eigenvalue weighted by molar-refractivity contribution is 5.97. The number of nitrogens with one attached hydrogen (secondary N) is 2. The molecule has 4 fully saturated rings. The summed E-state index contributed by atoms with van der Waals surface area (Å²) in [4.78, 5) is 25.5. The van der Waals surface area contributed by atoms with Crippen LogP contribution >= 0.6 is 0 Å². The van der Waals surface area contributed by atoms with E-state index in [0.29, 0.717) is 11.0 Å². The molecule has 5 rings (SSSR count). The Balaban J connectivity index is 1.44. The van der Waals surface area contributed by atoms with E-state index in [1.54, 1.807) is 0 Å². The summed E-state index contributed by atoms with van der Waals surface area (Å²) in [5, 5.41) is 5.96. The van der Waals surface area contributed by atoms with Crippen LogP contribution in [0.1, 0.15) is 88.6 Å². The second-order valence-electron chi connectivity index (χ2n) is 10.8. The van der Waals surface area contributed by atoms with Gasteiger partial charge in [0, 0.05) is 11.6 Å². The average Bonchev–Trinajstić information content (AvgIpc) is 2.70. The highest BCUT2D eigenvalue weighted by atomic mass is 16.2. The van der Waals surface area contributed by atoms with E-state index in [2.05, 4.69) is 22.8 Å². The summed E-state index contributed by atoms with van der Waals surface area (Å²) in [5.74, 6) is 2.51. The third kappa shape index (κ3) is 4.15. The molecule has 4 bridgehead atoms. The summed E-state index contributed by atoms with van der Waals surface area (Å²) >= 11 is 0. The van der Waals surface area contributed by atoms with Crippen LogP contribution in [0.25, 0.3) is 0 Å². The Morgan fingerprint density at radius 1 is 0.933 bits per heavy atom. The summed E-state index contributed by atoms with van der Waals surface area (Å²) in [6, 6.07) is 7.89. The lowest BCUT2D eigenvalue weighted by Gasteiger charge is -2.57. The summed E-state index contributed by atoms with van der Waals surface area (Å²) in [7, 11) is 0. The third-order valence-corrected chi connectivity index (χ3v) is 8.03. The molecule has 2 atom stereocenters. The van der Waals surface area contributed by atoms with Gasteiger partial charge in [-0.2, -0.15) is 0 Å². The number of amides is 2. The fourth-order valence-electron chi connectivity index (χ4n) is 6.63. The van der Waals surface area contributed by atoms with Gasteiger partial charge in [0.1, 0.15) is 6.04 Å². The maximum atomic E-state index is 12.9. The number of rotatable bonds is 7. The molecule has 4 aliphatic rings. The van der Waals surface area contributed by atoms with Crippen molar-refractivity contribution >= 4 is 11.8 Å². The van der Waals surface area contributed by atoms with Gasteiger partial charge in [0.15, 0.2) is 0 Å². The van der Waals surface area contributed by atoms with E-state index in [1.807, 2.05) is 39.8 Å². The minimum Gasteiger partial charge on any atom is -0.352 e. The van der Waals surface area contributed by atoms with Gasteiger partial charge in [0.25, 0.3) is 5.91 Å². The van der Waals surface area contributed by atoms with E-state index >= 15 is 0 Å². The number of carbonyl (C=O) groups is 2. The molecule has 4 heteroatoms. The molecule has 4 aliphatic carbocycles. The van der Waals surface area contributed by atoms with Crippen molar-refractivity contribution < 1.29 is 9.59 Å². The first kappa shape index (κ1) is 21.4. The molecule has 2 amide bonds. The zero-order valence-corrected chi connectivity index (χ0v) is 19.0. The van der Waals surface area contributed by atoms with Crippen molar-refractivity contribution in [1.82, 2.24) is 10.6 Å². The van der Waals surface area contributed by atoms with Gasteiger partial charge in [-0.05, 0) is 98.7 Å². The fraction of sp³-hybridized carbons (Fsp3) is 0.692. The highest BCUT2D eigenvalue weighted by Gasteiger charge is 2.51. The number of hydrogen-bond donors (Lipinski definition) is 2. The standard InChI is InChI=1S/C26H38N2O2/c1-5-17(4)27-25(30)23(16(2)3)28-24(29)21-6-8-22(9-7-21)26-13-18-10-19(14-26)12-20(11-18)15-26/h6-9,16-20,23H,5,10-15H2,1-4H3,(H,27,30)(H,28,29)/t17-,18?,19?,20?,23-,26?/m0/s1. The van der Waals surface area contributed by atoms with Gasteiger partial charge < -0.3 is 10.6 Å². The number of benzene rings is 1. The Bertz CT molecular complexity index is 747. The van der Waals surface area contributed by atoms with Crippen LogP contribution in [0.5, 0.6) is 0 Å². The second kappa shape index (κ2) is 8.36. The molecule has 1 aromatic rings. The van der Waals surface area contributed by atoms with Crippen molar-refractivity contribution in [1.29, 1.82) is 0 Å². The van der Waals surface area contributed by atoms with Crippen LogP contribution in [0.4, 0.5) is 0 Å². The third-order valence-electron chi connectivity index (χ3n) is 8.03. The van der Waals surface area contributed by atoms with Crippen LogP contribution < -0.4 is 10.6 Å². The molecule has 2 N–H and O–H groups in total. The lowest BCUT2D eigenvalue weighted by molar-refractivity contribution is -0.124. The van der Waals surface area contributed by atoms with Crippen molar-refractivity contribution in [2.75, 3.05) is 0 Å². The molecule has 0 heterocycles. The molecule has 4 saturated carbocycles. The lowest BCUT2D eigenvalue weighted by atomic mass is 9.48. The molecule has 0 radical (unpaired) electrons. The monoisotopic (exact) mass is 410 g/mol. The molecule has 0 aromatic heterocycles. The fourth-order valence-corrected chi connectivity index (χ4v) is 6.63. The first-order valence-electron chi connectivity index (χ1n) is 12.0. The molecular formula is C26H38N2O2. The summed E-state index contributed by atoms with van der Waals surface area (Å²) in [6.45, 7) is 7.97. The first-order valence-corrected chi connectivity index (χ1v) is 12.0. The van der Waals surface area contributed by atoms with Gasteiger partial charge in [-0.25, -0.2) is 0 Å². The molecule has 0 saturated heterocycles.